The Labute approximate surface area is 544 Å². The minimum Gasteiger partial charge on any atom is -0.873 e. The van der Waals surface area contributed by atoms with Gasteiger partial charge in [0.1, 0.15) is 0 Å². The number of hydrogen-bond acceptors (Lipinski definition) is 4. The van der Waals surface area contributed by atoms with Gasteiger partial charge in [0.2, 0.25) is 0 Å². The average Bonchev–Trinajstić information content (AvgIpc) is 3.72. The van der Waals surface area contributed by atoms with Gasteiger partial charge in [0.05, 0.1) is 22.8 Å². The van der Waals surface area contributed by atoms with Crippen LogP contribution in [0.25, 0.3) is 0 Å². The Kier molecular flexibility index (Phi) is 57.1. The monoisotopic (exact) mass is 1230 g/mol. The van der Waals surface area contributed by atoms with Crippen LogP contribution >= 0.6 is 0 Å². The van der Waals surface area contributed by atoms with Crippen molar-refractivity contribution in [2.24, 2.45) is 9.98 Å². The minimum absolute atomic E-state index is 0. The summed E-state index contributed by atoms with van der Waals surface area (Å²) in [5.74, 6) is -0.619. The molecule has 86 heavy (non-hydrogen) atoms. The van der Waals surface area contributed by atoms with Crippen LogP contribution in [0, 0.1) is 0 Å². The van der Waals surface area contributed by atoms with Gasteiger partial charge in [0.25, 0.3) is 0 Å². The summed E-state index contributed by atoms with van der Waals surface area (Å²) in [7, 11) is 0. The number of aliphatic imine (C=N–C) groups is 2. The van der Waals surface area contributed by atoms with E-state index >= 15 is 0 Å². The number of benzene rings is 3. The van der Waals surface area contributed by atoms with Crippen molar-refractivity contribution in [1.82, 2.24) is 0 Å². The molecular formula is C81H136N2NiO2. The van der Waals surface area contributed by atoms with Crippen LogP contribution < -0.4 is 10.2 Å². The van der Waals surface area contributed by atoms with Gasteiger partial charge in [-0.3, -0.25) is 4.99 Å². The van der Waals surface area contributed by atoms with Gasteiger partial charge in [-0.15, -0.1) is 11.5 Å². The number of allylic oxidation sites excluding steroid dienone is 2. The van der Waals surface area contributed by atoms with E-state index in [2.05, 4.69) is 102 Å². The van der Waals surface area contributed by atoms with Gasteiger partial charge in [0, 0.05) is 0 Å². The molecule has 4 nitrogen and oxygen atoms in total. The summed E-state index contributed by atoms with van der Waals surface area (Å²) in [4.78, 5) is 10.9. The molecule has 0 aliphatic carbocycles. The molecule has 3 aromatic rings. The molecule has 0 saturated carbocycles. The van der Waals surface area contributed by atoms with Gasteiger partial charge in [-0.2, -0.15) is 0 Å². The molecule has 0 aliphatic rings. The smallest absolute Gasteiger partial charge is 0.873 e. The predicted molar refractivity (Wildman–Crippen MR) is 377 cm³/mol. The van der Waals surface area contributed by atoms with E-state index in [9.17, 15) is 10.2 Å². The van der Waals surface area contributed by atoms with Gasteiger partial charge >= 0.3 is 16.5 Å². The minimum atomic E-state index is -0.350. The Morgan fingerprint density at radius 3 is 1.12 bits per heavy atom. The molecule has 0 saturated heterocycles. The Balaban J connectivity index is 0.00000175. The molecule has 0 unspecified atom stereocenters. The van der Waals surface area contributed by atoms with E-state index in [0.29, 0.717) is 0 Å². The molecule has 0 atom stereocenters. The third-order valence-electron chi connectivity index (χ3n) is 17.7. The fourth-order valence-electron chi connectivity index (χ4n) is 12.1. The Morgan fingerprint density at radius 2 is 0.698 bits per heavy atom. The molecule has 0 bridgehead atoms. The summed E-state index contributed by atoms with van der Waals surface area (Å²) in [5.41, 5.74) is 9.11. The van der Waals surface area contributed by atoms with E-state index in [0.717, 1.165) is 111 Å². The predicted octanol–water partition coefficient (Wildman–Crippen LogP) is 26.3. The maximum atomic E-state index is 11.8. The van der Waals surface area contributed by atoms with E-state index in [1.165, 1.54) is 280 Å². The van der Waals surface area contributed by atoms with Crippen LogP contribution in [0.15, 0.2) is 82.8 Å². The third kappa shape index (κ3) is 45.1. The number of hydrogen-bond donors (Lipinski definition) is 0. The van der Waals surface area contributed by atoms with E-state index in [1.807, 2.05) is 6.07 Å². The largest absolute Gasteiger partial charge is 2.00 e. The standard InChI is InChI=1S/C66H114N2.C15H24O2.Ni/c1-5-9-13-16-19-22-25-26-27-28-29-30-31-32-33-34-35-38-41-44-48-58-66(68-64-56-50-54-62(60-64)52-47-43-40-37-24-21-18-15-11-7-3)65(57-45-12-8-4)67-63-55-49-53-61(59-63)51-46-42-39-36-23-20-17-14-10-6-2;1-3-5-7-9-13-12(8-6-4-2)10-11-14(16)15(13)17;/h48-50,53-56,58-60H,5-47,51-52,57H2,1-4H3;10-11,16-17H,3-9H2,1-2H3;/q;;+2/p-2. The van der Waals surface area contributed by atoms with Crippen LogP contribution in [-0.2, 0) is 42.2 Å². The summed E-state index contributed by atoms with van der Waals surface area (Å²) >= 11 is 0. The molecular weight excluding hydrogens is 1090 g/mol. The molecule has 0 aliphatic heterocycles. The van der Waals surface area contributed by atoms with E-state index < -0.39 is 0 Å². The number of aryl methyl sites for hydroxylation is 3. The van der Waals surface area contributed by atoms with Gasteiger partial charge < -0.3 is 10.2 Å². The first-order chi connectivity index (χ1) is 41.9. The maximum Gasteiger partial charge on any atom is 2.00 e. The molecule has 0 fully saturated rings. The van der Waals surface area contributed by atoms with Crippen molar-refractivity contribution in [3.8, 4) is 11.5 Å². The third-order valence-corrected chi connectivity index (χ3v) is 17.7. The van der Waals surface area contributed by atoms with Crippen molar-refractivity contribution in [3.63, 3.8) is 0 Å². The van der Waals surface area contributed by atoms with Crippen molar-refractivity contribution < 1.29 is 26.7 Å². The van der Waals surface area contributed by atoms with Gasteiger partial charge in [-0.05, 0) is 124 Å². The molecule has 0 N–H and O–H groups in total. The van der Waals surface area contributed by atoms with Crippen molar-refractivity contribution >= 4 is 22.8 Å². The second-order valence-electron chi connectivity index (χ2n) is 25.9. The SMILES string of the molecule is CCCCCCCCCCCCCCCCCCCCCC=CC(=Nc1cccc(CCCCCCCCCCCC)c1)C(CCCCC)=Nc1cccc(CCCCCCCCCCCC)c1.CCCCCc1c(CCCC)ccc([O-])c1[O-].[Ni+2]. The zero-order valence-corrected chi connectivity index (χ0v) is 58.4. The molecule has 0 amide bonds. The molecule has 3 rings (SSSR count). The van der Waals surface area contributed by atoms with Gasteiger partial charge in [-0.1, -0.05) is 353 Å². The normalized spacial score (nSPS) is 11.8. The van der Waals surface area contributed by atoms with Crippen LogP contribution in [0.5, 0.6) is 11.5 Å². The molecule has 0 spiro atoms. The van der Waals surface area contributed by atoms with Crippen molar-refractivity contribution in [3.05, 3.63) is 95.1 Å². The van der Waals surface area contributed by atoms with Gasteiger partial charge in [-0.25, -0.2) is 4.99 Å². The van der Waals surface area contributed by atoms with Crippen molar-refractivity contribution in [2.45, 2.75) is 382 Å². The van der Waals surface area contributed by atoms with Crippen LogP contribution in [-0.4, -0.2) is 11.4 Å². The first-order valence-electron chi connectivity index (χ1n) is 37.4. The Bertz CT molecular complexity index is 2050. The Hall–Kier alpha value is -3.17. The fraction of sp³-hybridized carbons (Fsp3) is 0.728. The summed E-state index contributed by atoms with van der Waals surface area (Å²) in [5, 5.41) is 23.2. The van der Waals surface area contributed by atoms with Crippen LogP contribution in [0.1, 0.15) is 378 Å². The van der Waals surface area contributed by atoms with Crippen LogP contribution in [0.3, 0.4) is 0 Å². The summed E-state index contributed by atoms with van der Waals surface area (Å²) < 4.78 is 0. The molecule has 0 radical (unpaired) electrons. The van der Waals surface area contributed by atoms with E-state index in [-0.39, 0.29) is 28.0 Å². The van der Waals surface area contributed by atoms with Crippen molar-refractivity contribution in [1.29, 1.82) is 0 Å². The molecule has 0 aromatic heterocycles. The summed E-state index contributed by atoms with van der Waals surface area (Å²) in [6.45, 7) is 13.5. The number of rotatable bonds is 57. The van der Waals surface area contributed by atoms with Gasteiger partial charge in [0.15, 0.2) is 0 Å². The van der Waals surface area contributed by atoms with Crippen LogP contribution in [0.2, 0.25) is 0 Å². The van der Waals surface area contributed by atoms with Crippen molar-refractivity contribution in [2.75, 3.05) is 0 Å². The zero-order chi connectivity index (χ0) is 61.1. The second kappa shape index (κ2) is 60.7. The molecule has 3 aromatic carbocycles. The average molecular weight is 1230 g/mol. The topological polar surface area (TPSA) is 70.8 Å². The Morgan fingerprint density at radius 1 is 0.349 bits per heavy atom. The molecule has 0 heterocycles. The zero-order valence-electron chi connectivity index (χ0n) is 57.4. The molecule has 5 heteroatoms. The quantitative estimate of drug-likeness (QED) is 0.0321. The number of nitrogens with zero attached hydrogens (tertiary/aromatic N) is 2. The first-order valence-corrected chi connectivity index (χ1v) is 37.4. The maximum absolute atomic E-state index is 11.8. The molecule has 492 valence electrons. The summed E-state index contributed by atoms with van der Waals surface area (Å²) in [6, 6.07) is 21.5. The van der Waals surface area contributed by atoms with E-state index in [4.69, 9.17) is 9.98 Å². The fourth-order valence-corrected chi connectivity index (χ4v) is 12.1. The first kappa shape index (κ1) is 80.8. The van der Waals surface area contributed by atoms with E-state index in [1.54, 1.807) is 0 Å². The summed E-state index contributed by atoms with van der Waals surface area (Å²) in [6.07, 6.45) is 74.5. The van der Waals surface area contributed by atoms with Crippen LogP contribution in [0.4, 0.5) is 11.4 Å². The second-order valence-corrected chi connectivity index (χ2v) is 25.9. The number of unbranched alkanes of at least 4 members (excludes halogenated alkanes) is 42.